The number of aryl methyl sites for hydroxylation is 1. The average molecular weight is 375 g/mol. The van der Waals surface area contributed by atoms with Crippen LogP contribution in [0.15, 0.2) is 35.2 Å². The maximum atomic E-state index is 4.34. The fourth-order valence-corrected chi connectivity index (χ4v) is 2.97. The Bertz CT molecular complexity index is 796. The van der Waals surface area contributed by atoms with E-state index >= 15 is 0 Å². The molecule has 3 aromatic rings. The van der Waals surface area contributed by atoms with Gasteiger partial charge in [-0.2, -0.15) is 5.10 Å². The highest BCUT2D eigenvalue weighted by atomic mass is 79.9. The number of aromatic nitrogens is 4. The second-order valence-electron chi connectivity index (χ2n) is 5.31. The van der Waals surface area contributed by atoms with Crippen LogP contribution in [0.3, 0.4) is 0 Å². The third-order valence-electron chi connectivity index (χ3n) is 3.57. The van der Waals surface area contributed by atoms with Gasteiger partial charge in [0.1, 0.15) is 16.7 Å². The van der Waals surface area contributed by atoms with Crippen molar-refractivity contribution in [2.45, 2.75) is 19.9 Å². The van der Waals surface area contributed by atoms with E-state index in [1.807, 2.05) is 7.05 Å². The van der Waals surface area contributed by atoms with Gasteiger partial charge in [-0.1, -0.05) is 19.1 Å². The molecule has 0 saturated heterocycles. The fourth-order valence-electron chi connectivity index (χ4n) is 2.37. The molecule has 1 aromatic carbocycles. The summed E-state index contributed by atoms with van der Waals surface area (Å²) in [7, 11) is 1.87. The number of halogens is 1. The summed E-state index contributed by atoms with van der Waals surface area (Å²) < 4.78 is 2.48. The Morgan fingerprint density at radius 2 is 1.91 bits per heavy atom. The van der Waals surface area contributed by atoms with Gasteiger partial charge in [-0.3, -0.25) is 0 Å². The minimum absolute atomic E-state index is 0.696. The molecule has 0 fully saturated rings. The van der Waals surface area contributed by atoms with Gasteiger partial charge in [0.25, 0.3) is 0 Å². The molecule has 0 aliphatic heterocycles. The van der Waals surface area contributed by atoms with Gasteiger partial charge in [0, 0.05) is 25.8 Å². The second-order valence-corrected chi connectivity index (χ2v) is 6.06. The van der Waals surface area contributed by atoms with Crippen LogP contribution in [-0.4, -0.2) is 26.3 Å². The molecule has 23 heavy (non-hydrogen) atoms. The molecular weight excluding hydrogens is 356 g/mol. The Morgan fingerprint density at radius 3 is 2.65 bits per heavy atom. The summed E-state index contributed by atoms with van der Waals surface area (Å²) >= 11 is 3.47. The number of benzene rings is 1. The van der Waals surface area contributed by atoms with Crippen molar-refractivity contribution >= 4 is 38.5 Å². The molecule has 0 aliphatic rings. The quantitative estimate of drug-likeness (QED) is 0.690. The number of fused-ring (bicyclic) bond motifs is 1. The molecule has 0 aliphatic carbocycles. The van der Waals surface area contributed by atoms with Gasteiger partial charge in [0.15, 0.2) is 5.65 Å². The SMILES string of the molecule is CCCNc1ccc(CNc2ncnc3c2c(Br)nn3C)cc1. The number of hydrogen-bond donors (Lipinski definition) is 2. The molecule has 0 radical (unpaired) electrons. The topological polar surface area (TPSA) is 67.7 Å². The molecule has 0 spiro atoms. The van der Waals surface area contributed by atoms with Crippen LogP contribution >= 0.6 is 15.9 Å². The molecule has 2 N–H and O–H groups in total. The van der Waals surface area contributed by atoms with Gasteiger partial charge in [-0.25, -0.2) is 14.6 Å². The fraction of sp³-hybridized carbons (Fsp3) is 0.312. The maximum absolute atomic E-state index is 4.34. The van der Waals surface area contributed by atoms with Gasteiger partial charge >= 0.3 is 0 Å². The number of nitrogens with zero attached hydrogens (tertiary/aromatic N) is 4. The van der Waals surface area contributed by atoms with Crippen LogP contribution in [0.25, 0.3) is 11.0 Å². The van der Waals surface area contributed by atoms with E-state index in [4.69, 9.17) is 0 Å². The average Bonchev–Trinajstić information content (AvgIpc) is 2.87. The third-order valence-corrected chi connectivity index (χ3v) is 4.13. The summed E-state index contributed by atoms with van der Waals surface area (Å²) in [6.45, 7) is 3.84. The Kier molecular flexibility index (Phi) is 4.76. The van der Waals surface area contributed by atoms with Crippen molar-refractivity contribution < 1.29 is 0 Å². The zero-order chi connectivity index (χ0) is 16.2. The molecule has 0 atom stereocenters. The lowest BCUT2D eigenvalue weighted by Crippen LogP contribution is -2.03. The van der Waals surface area contributed by atoms with Gasteiger partial charge in [0.05, 0.1) is 5.39 Å². The third kappa shape index (κ3) is 3.44. The van der Waals surface area contributed by atoms with Crippen molar-refractivity contribution in [3.05, 3.63) is 40.8 Å². The normalized spacial score (nSPS) is 10.9. The largest absolute Gasteiger partial charge is 0.385 e. The van der Waals surface area contributed by atoms with Crippen molar-refractivity contribution in [1.82, 2.24) is 19.7 Å². The van der Waals surface area contributed by atoms with Crippen molar-refractivity contribution in [3.8, 4) is 0 Å². The predicted octanol–water partition coefficient (Wildman–Crippen LogP) is 3.56. The van der Waals surface area contributed by atoms with Gasteiger partial charge < -0.3 is 10.6 Å². The van der Waals surface area contributed by atoms with Crippen LogP contribution < -0.4 is 10.6 Å². The van der Waals surface area contributed by atoms with Crippen molar-refractivity contribution in [1.29, 1.82) is 0 Å². The Balaban J connectivity index is 1.73. The molecule has 2 heterocycles. The van der Waals surface area contributed by atoms with E-state index in [0.717, 1.165) is 40.1 Å². The number of nitrogens with one attached hydrogen (secondary N) is 2. The molecule has 6 nitrogen and oxygen atoms in total. The van der Waals surface area contributed by atoms with E-state index in [9.17, 15) is 0 Å². The molecule has 0 saturated carbocycles. The lowest BCUT2D eigenvalue weighted by atomic mass is 10.2. The van der Waals surface area contributed by atoms with Crippen LogP contribution in [0.1, 0.15) is 18.9 Å². The van der Waals surface area contributed by atoms with Crippen LogP contribution in [0.5, 0.6) is 0 Å². The van der Waals surface area contributed by atoms with E-state index in [2.05, 4.69) is 72.8 Å². The number of rotatable bonds is 6. The monoisotopic (exact) mass is 374 g/mol. The first-order chi connectivity index (χ1) is 11.2. The molecule has 3 rings (SSSR count). The van der Waals surface area contributed by atoms with Gasteiger partial charge in [0.2, 0.25) is 0 Å². The molecule has 0 unspecified atom stereocenters. The van der Waals surface area contributed by atoms with Crippen molar-refractivity contribution in [2.24, 2.45) is 7.05 Å². The molecular formula is C16H19BrN6. The van der Waals surface area contributed by atoms with Gasteiger partial charge in [-0.15, -0.1) is 0 Å². The summed E-state index contributed by atoms with van der Waals surface area (Å²) in [4.78, 5) is 8.60. The predicted molar refractivity (Wildman–Crippen MR) is 96.6 cm³/mol. The van der Waals surface area contributed by atoms with Crippen LogP contribution in [0.4, 0.5) is 11.5 Å². The van der Waals surface area contributed by atoms with Crippen LogP contribution in [0.2, 0.25) is 0 Å². The van der Waals surface area contributed by atoms with Crippen molar-refractivity contribution in [3.63, 3.8) is 0 Å². The van der Waals surface area contributed by atoms with E-state index < -0.39 is 0 Å². The first kappa shape index (κ1) is 15.7. The zero-order valence-electron chi connectivity index (χ0n) is 13.2. The highest BCUT2D eigenvalue weighted by Gasteiger charge is 2.12. The van der Waals surface area contributed by atoms with E-state index in [1.165, 1.54) is 5.56 Å². The number of anilines is 2. The highest BCUT2D eigenvalue weighted by Crippen LogP contribution is 2.27. The zero-order valence-corrected chi connectivity index (χ0v) is 14.8. The first-order valence-electron chi connectivity index (χ1n) is 7.59. The molecule has 2 aromatic heterocycles. The molecule has 120 valence electrons. The number of hydrogen-bond acceptors (Lipinski definition) is 5. The Hall–Kier alpha value is -2.15. The second kappa shape index (κ2) is 6.95. The smallest absolute Gasteiger partial charge is 0.164 e. The molecule has 0 bridgehead atoms. The maximum Gasteiger partial charge on any atom is 0.164 e. The Labute approximate surface area is 143 Å². The van der Waals surface area contributed by atoms with Crippen molar-refractivity contribution in [2.75, 3.05) is 17.2 Å². The Morgan fingerprint density at radius 1 is 1.13 bits per heavy atom. The minimum atomic E-state index is 0.696. The summed E-state index contributed by atoms with van der Waals surface area (Å²) in [6.07, 6.45) is 2.67. The first-order valence-corrected chi connectivity index (χ1v) is 8.38. The van der Waals surface area contributed by atoms with E-state index in [1.54, 1.807) is 11.0 Å². The summed E-state index contributed by atoms with van der Waals surface area (Å²) in [5, 5.41) is 12.0. The summed E-state index contributed by atoms with van der Waals surface area (Å²) in [6, 6.07) is 8.42. The minimum Gasteiger partial charge on any atom is -0.385 e. The van der Waals surface area contributed by atoms with Gasteiger partial charge in [-0.05, 0) is 40.0 Å². The molecule has 0 amide bonds. The van der Waals surface area contributed by atoms with Crippen LogP contribution in [0, 0.1) is 0 Å². The summed E-state index contributed by atoms with van der Waals surface area (Å²) in [5.74, 6) is 0.781. The lowest BCUT2D eigenvalue weighted by molar-refractivity contribution is 0.777. The standard InChI is InChI=1S/C16H19BrN6/c1-3-8-18-12-6-4-11(5-7-12)9-19-15-13-14(17)22-23(2)16(13)21-10-20-15/h4-7,10,18H,3,8-9H2,1-2H3,(H,19,20,21). The summed E-state index contributed by atoms with van der Waals surface area (Å²) in [5.41, 5.74) is 3.14. The lowest BCUT2D eigenvalue weighted by Gasteiger charge is -2.08. The van der Waals surface area contributed by atoms with E-state index in [0.29, 0.717) is 6.54 Å². The molecule has 7 heteroatoms. The highest BCUT2D eigenvalue weighted by molar-refractivity contribution is 9.10. The van der Waals surface area contributed by atoms with Crippen LogP contribution in [-0.2, 0) is 13.6 Å². The van der Waals surface area contributed by atoms with E-state index in [-0.39, 0.29) is 0 Å².